The van der Waals surface area contributed by atoms with E-state index in [0.29, 0.717) is 0 Å². The molecule has 0 amide bonds. The highest BCUT2D eigenvalue weighted by Crippen LogP contribution is 2.35. The first-order chi connectivity index (χ1) is 15.8. The molecule has 5 heteroatoms. The molecule has 0 atom stereocenters. The van der Waals surface area contributed by atoms with Crippen LogP contribution in [0.15, 0.2) is 97.5 Å². The molecule has 0 aliphatic rings. The maximum Gasteiger partial charge on any atom is 0.150 e. The first-order valence-corrected chi connectivity index (χ1v) is 10.7. The second-order valence-electron chi connectivity index (χ2n) is 7.56. The number of rotatable bonds is 7. The Labute approximate surface area is 187 Å². The van der Waals surface area contributed by atoms with Gasteiger partial charge in [-0.3, -0.25) is 0 Å². The molecule has 3 aromatic carbocycles. The van der Waals surface area contributed by atoms with Gasteiger partial charge in [0.1, 0.15) is 17.9 Å². The molecule has 5 nitrogen and oxygen atoms in total. The first kappa shape index (κ1) is 19.8. The third-order valence-corrected chi connectivity index (χ3v) is 5.57. The van der Waals surface area contributed by atoms with Gasteiger partial charge in [0.25, 0.3) is 0 Å². The zero-order valence-electron chi connectivity index (χ0n) is 17.9. The van der Waals surface area contributed by atoms with Gasteiger partial charge in [-0.15, -0.1) is 0 Å². The molecule has 0 fully saturated rings. The molecule has 5 aromatic rings. The zero-order chi connectivity index (χ0) is 21.8. The van der Waals surface area contributed by atoms with Gasteiger partial charge < -0.3 is 14.6 Å². The summed E-state index contributed by atoms with van der Waals surface area (Å²) >= 11 is 0. The van der Waals surface area contributed by atoms with Gasteiger partial charge in [0, 0.05) is 24.0 Å². The lowest BCUT2D eigenvalue weighted by Crippen LogP contribution is -2.07. The van der Waals surface area contributed by atoms with Crippen LogP contribution in [-0.4, -0.2) is 28.2 Å². The summed E-state index contributed by atoms with van der Waals surface area (Å²) in [4.78, 5) is 9.26. The van der Waals surface area contributed by atoms with Gasteiger partial charge in [-0.25, -0.2) is 9.97 Å². The molecule has 32 heavy (non-hydrogen) atoms. The van der Waals surface area contributed by atoms with Crippen molar-refractivity contribution in [3.63, 3.8) is 0 Å². The highest BCUT2D eigenvalue weighted by atomic mass is 16.5. The van der Waals surface area contributed by atoms with E-state index in [2.05, 4.69) is 74.6 Å². The molecule has 0 aliphatic carbocycles. The quantitative estimate of drug-likeness (QED) is 0.364. The third-order valence-electron chi connectivity index (χ3n) is 5.57. The van der Waals surface area contributed by atoms with E-state index in [4.69, 9.17) is 4.74 Å². The second-order valence-corrected chi connectivity index (χ2v) is 7.56. The summed E-state index contributed by atoms with van der Waals surface area (Å²) in [6, 6.07) is 28.8. The SMILES string of the molecule is COc1ccc(-n2cc(-c3ccccc3)c3c(NCCc4ccccc4)ncnc32)cc1. The topological polar surface area (TPSA) is 52.0 Å². The Balaban J connectivity index is 1.57. The van der Waals surface area contributed by atoms with Crippen LogP contribution in [-0.2, 0) is 6.42 Å². The van der Waals surface area contributed by atoms with Gasteiger partial charge in [0.05, 0.1) is 12.5 Å². The molecule has 5 rings (SSSR count). The molecule has 0 spiro atoms. The van der Waals surface area contributed by atoms with Crippen molar-refractivity contribution >= 4 is 16.9 Å². The molecule has 0 aliphatic heterocycles. The Morgan fingerprint density at radius 2 is 1.56 bits per heavy atom. The van der Waals surface area contributed by atoms with E-state index in [1.807, 2.05) is 36.4 Å². The van der Waals surface area contributed by atoms with Crippen molar-refractivity contribution in [3.05, 3.63) is 103 Å². The molecule has 158 valence electrons. The van der Waals surface area contributed by atoms with Crippen molar-refractivity contribution in [2.45, 2.75) is 6.42 Å². The Kier molecular flexibility index (Phi) is 5.54. The van der Waals surface area contributed by atoms with Gasteiger partial charge in [-0.05, 0) is 41.8 Å². The molecule has 0 radical (unpaired) electrons. The highest BCUT2D eigenvalue weighted by Gasteiger charge is 2.17. The van der Waals surface area contributed by atoms with Crippen LogP contribution in [0.1, 0.15) is 5.56 Å². The fourth-order valence-electron chi connectivity index (χ4n) is 3.94. The molecule has 2 heterocycles. The van der Waals surface area contributed by atoms with Gasteiger partial charge in [0.15, 0.2) is 5.65 Å². The van der Waals surface area contributed by atoms with Crippen LogP contribution in [0.4, 0.5) is 5.82 Å². The van der Waals surface area contributed by atoms with Crippen molar-refractivity contribution in [1.82, 2.24) is 14.5 Å². The maximum absolute atomic E-state index is 5.32. The summed E-state index contributed by atoms with van der Waals surface area (Å²) in [7, 11) is 1.67. The average Bonchev–Trinajstić information content (AvgIpc) is 3.26. The van der Waals surface area contributed by atoms with Crippen LogP contribution in [0.25, 0.3) is 27.8 Å². The monoisotopic (exact) mass is 420 g/mol. The van der Waals surface area contributed by atoms with Crippen molar-refractivity contribution in [1.29, 1.82) is 0 Å². The van der Waals surface area contributed by atoms with E-state index >= 15 is 0 Å². The minimum atomic E-state index is 0.790. The predicted octanol–water partition coefficient (Wildman–Crippen LogP) is 5.75. The zero-order valence-corrected chi connectivity index (χ0v) is 17.9. The number of ether oxygens (including phenoxy) is 1. The Morgan fingerprint density at radius 3 is 2.28 bits per heavy atom. The minimum absolute atomic E-state index is 0.790. The van der Waals surface area contributed by atoms with E-state index < -0.39 is 0 Å². The van der Waals surface area contributed by atoms with Crippen molar-refractivity contribution in [3.8, 4) is 22.6 Å². The normalized spacial score (nSPS) is 10.9. The summed E-state index contributed by atoms with van der Waals surface area (Å²) < 4.78 is 7.43. The Morgan fingerprint density at radius 1 is 0.844 bits per heavy atom. The van der Waals surface area contributed by atoms with E-state index in [1.165, 1.54) is 5.56 Å². The summed E-state index contributed by atoms with van der Waals surface area (Å²) in [5.74, 6) is 1.67. The van der Waals surface area contributed by atoms with E-state index in [-0.39, 0.29) is 0 Å². The molecule has 2 aromatic heterocycles. The molecule has 0 unspecified atom stereocenters. The fraction of sp³-hybridized carbons (Fsp3) is 0.111. The number of anilines is 1. The van der Waals surface area contributed by atoms with Crippen LogP contribution >= 0.6 is 0 Å². The molecular formula is C27H24N4O. The van der Waals surface area contributed by atoms with E-state index in [1.54, 1.807) is 13.4 Å². The highest BCUT2D eigenvalue weighted by molar-refractivity contribution is 6.02. The minimum Gasteiger partial charge on any atom is -0.497 e. The number of benzene rings is 3. The molecule has 0 saturated heterocycles. The first-order valence-electron chi connectivity index (χ1n) is 10.7. The lowest BCUT2D eigenvalue weighted by molar-refractivity contribution is 0.415. The van der Waals surface area contributed by atoms with Gasteiger partial charge in [0.2, 0.25) is 0 Å². The second kappa shape index (κ2) is 8.94. The Bertz CT molecular complexity index is 1310. The lowest BCUT2D eigenvalue weighted by atomic mass is 10.1. The molecule has 0 bridgehead atoms. The van der Waals surface area contributed by atoms with Crippen LogP contribution in [0.3, 0.4) is 0 Å². The number of fused-ring (bicyclic) bond motifs is 1. The Hall–Kier alpha value is -4.12. The summed E-state index contributed by atoms with van der Waals surface area (Å²) in [6.07, 6.45) is 4.69. The third kappa shape index (κ3) is 3.93. The van der Waals surface area contributed by atoms with Crippen LogP contribution < -0.4 is 10.1 Å². The summed E-state index contributed by atoms with van der Waals surface area (Å²) in [5.41, 5.74) is 5.41. The van der Waals surface area contributed by atoms with Gasteiger partial charge in [-0.2, -0.15) is 0 Å². The van der Waals surface area contributed by atoms with Crippen LogP contribution in [0, 0.1) is 0 Å². The van der Waals surface area contributed by atoms with Gasteiger partial charge in [-0.1, -0.05) is 60.7 Å². The number of hydrogen-bond acceptors (Lipinski definition) is 4. The van der Waals surface area contributed by atoms with E-state index in [0.717, 1.165) is 52.4 Å². The fourth-order valence-corrected chi connectivity index (χ4v) is 3.94. The number of methoxy groups -OCH3 is 1. The maximum atomic E-state index is 5.32. The lowest BCUT2D eigenvalue weighted by Gasteiger charge is -2.09. The number of nitrogens with zero attached hydrogens (tertiary/aromatic N) is 3. The largest absolute Gasteiger partial charge is 0.497 e. The smallest absolute Gasteiger partial charge is 0.150 e. The van der Waals surface area contributed by atoms with Crippen molar-refractivity contribution in [2.75, 3.05) is 19.0 Å². The van der Waals surface area contributed by atoms with Crippen molar-refractivity contribution < 1.29 is 4.74 Å². The van der Waals surface area contributed by atoms with Crippen LogP contribution in [0.2, 0.25) is 0 Å². The van der Waals surface area contributed by atoms with Crippen molar-refractivity contribution in [2.24, 2.45) is 0 Å². The summed E-state index contributed by atoms with van der Waals surface area (Å²) in [6.45, 7) is 0.790. The number of nitrogens with one attached hydrogen (secondary N) is 1. The van der Waals surface area contributed by atoms with Crippen LogP contribution in [0.5, 0.6) is 5.75 Å². The van der Waals surface area contributed by atoms with Gasteiger partial charge >= 0.3 is 0 Å². The predicted molar refractivity (Wildman–Crippen MR) is 129 cm³/mol. The average molecular weight is 421 g/mol. The number of hydrogen-bond donors (Lipinski definition) is 1. The number of aromatic nitrogens is 3. The van der Waals surface area contributed by atoms with E-state index in [9.17, 15) is 0 Å². The molecular weight excluding hydrogens is 396 g/mol. The standard InChI is InChI=1S/C27H24N4O/c1-32-23-14-12-22(13-15-23)31-18-24(21-10-6-3-7-11-21)25-26(29-19-30-27(25)31)28-17-16-20-8-4-2-5-9-20/h2-15,18-19H,16-17H2,1H3,(H,28,29,30). The molecule has 1 N–H and O–H groups in total. The molecule has 0 saturated carbocycles. The summed E-state index contributed by atoms with van der Waals surface area (Å²) in [5, 5.41) is 4.56.